The third-order valence-electron chi connectivity index (χ3n) is 5.71. The molecule has 164 valence electrons. The number of aromatic nitrogens is 1. The highest BCUT2D eigenvalue weighted by Gasteiger charge is 2.27. The average Bonchev–Trinajstić information content (AvgIpc) is 3.21. The van der Waals surface area contributed by atoms with E-state index in [1.807, 2.05) is 48.5 Å². The van der Waals surface area contributed by atoms with Crippen LogP contribution in [0.5, 0.6) is 0 Å². The van der Waals surface area contributed by atoms with Gasteiger partial charge >= 0.3 is 5.97 Å². The molecule has 4 aromatic rings. The zero-order valence-electron chi connectivity index (χ0n) is 17.4. The van der Waals surface area contributed by atoms with Crippen molar-refractivity contribution in [1.29, 1.82) is 0 Å². The van der Waals surface area contributed by atoms with Gasteiger partial charge < -0.3 is 4.74 Å². The summed E-state index contributed by atoms with van der Waals surface area (Å²) in [6.07, 6.45) is 3.54. The molecule has 0 bridgehead atoms. The number of para-hydroxylation sites is 1. The minimum Gasteiger partial charge on any atom is -0.457 e. The van der Waals surface area contributed by atoms with Crippen LogP contribution in [0.25, 0.3) is 22.6 Å². The van der Waals surface area contributed by atoms with Gasteiger partial charge in [-0.3, -0.25) is 0 Å². The van der Waals surface area contributed by atoms with Gasteiger partial charge in [0.1, 0.15) is 6.61 Å². The van der Waals surface area contributed by atoms with Crippen molar-refractivity contribution in [2.75, 3.05) is 0 Å². The number of ether oxygens (including phenoxy) is 1. The van der Waals surface area contributed by atoms with Crippen LogP contribution in [0.2, 0.25) is 15.1 Å². The van der Waals surface area contributed by atoms with Crippen molar-refractivity contribution >= 4 is 63.3 Å². The van der Waals surface area contributed by atoms with E-state index in [1.165, 1.54) is 0 Å². The summed E-state index contributed by atoms with van der Waals surface area (Å²) in [4.78, 5) is 18.2. The highest BCUT2D eigenvalue weighted by molar-refractivity contribution is 6.42. The highest BCUT2D eigenvalue weighted by Crippen LogP contribution is 2.38. The molecule has 1 aromatic heterocycles. The zero-order valence-corrected chi connectivity index (χ0v) is 19.7. The number of halogens is 3. The van der Waals surface area contributed by atoms with Gasteiger partial charge in [-0.2, -0.15) is 0 Å². The fraction of sp³-hybridized carbons (Fsp3) is 0.111. The molecule has 1 aliphatic rings. The Hall–Kier alpha value is -2.85. The van der Waals surface area contributed by atoms with Gasteiger partial charge in [-0.15, -0.1) is 0 Å². The number of allylic oxidation sites excluding steroid dienone is 1. The smallest absolute Gasteiger partial charge is 0.339 e. The third-order valence-corrected chi connectivity index (χ3v) is 6.70. The lowest BCUT2D eigenvalue weighted by Crippen LogP contribution is -2.10. The summed E-state index contributed by atoms with van der Waals surface area (Å²) in [5.74, 6) is -0.351. The molecule has 0 fully saturated rings. The lowest BCUT2D eigenvalue weighted by molar-refractivity contribution is 0.0474. The van der Waals surface area contributed by atoms with Crippen LogP contribution in [-0.2, 0) is 17.8 Å². The van der Waals surface area contributed by atoms with Crippen LogP contribution in [-0.4, -0.2) is 11.0 Å². The number of pyridine rings is 1. The van der Waals surface area contributed by atoms with Crippen molar-refractivity contribution in [3.05, 3.63) is 110 Å². The first-order valence-electron chi connectivity index (χ1n) is 10.5. The molecule has 0 unspecified atom stereocenters. The molecular weight excluding hydrogens is 477 g/mol. The lowest BCUT2D eigenvalue weighted by atomic mass is 10.0. The molecule has 0 saturated carbocycles. The molecule has 0 N–H and O–H groups in total. The number of rotatable bonds is 4. The molecule has 1 aliphatic carbocycles. The molecule has 6 heteroatoms. The maximum absolute atomic E-state index is 13.3. The Labute approximate surface area is 206 Å². The monoisotopic (exact) mass is 493 g/mol. The van der Waals surface area contributed by atoms with Gasteiger partial charge in [0, 0.05) is 10.4 Å². The van der Waals surface area contributed by atoms with Crippen molar-refractivity contribution < 1.29 is 9.53 Å². The van der Waals surface area contributed by atoms with Crippen LogP contribution in [0.4, 0.5) is 0 Å². The van der Waals surface area contributed by atoms with E-state index in [0.717, 1.165) is 45.3 Å². The molecule has 3 nitrogen and oxygen atoms in total. The van der Waals surface area contributed by atoms with Crippen LogP contribution in [0.1, 0.15) is 39.2 Å². The number of fused-ring (bicyclic) bond motifs is 2. The molecule has 0 radical (unpaired) electrons. The molecular formula is C27H18Cl3NO2. The number of carbonyl (C=O) groups is 1. The minimum atomic E-state index is -0.351. The fourth-order valence-electron chi connectivity index (χ4n) is 4.12. The largest absolute Gasteiger partial charge is 0.457 e. The Bertz CT molecular complexity index is 1410. The second-order valence-electron chi connectivity index (χ2n) is 7.88. The van der Waals surface area contributed by atoms with Gasteiger partial charge in [0.15, 0.2) is 0 Å². The van der Waals surface area contributed by atoms with Crippen LogP contribution in [0.3, 0.4) is 0 Å². The molecule has 3 aromatic carbocycles. The predicted molar refractivity (Wildman–Crippen MR) is 135 cm³/mol. The fourth-order valence-corrected chi connectivity index (χ4v) is 4.55. The van der Waals surface area contributed by atoms with Gasteiger partial charge in [0.2, 0.25) is 0 Å². The quantitative estimate of drug-likeness (QED) is 0.269. The molecule has 5 rings (SSSR count). The molecule has 0 aliphatic heterocycles. The number of nitrogens with zero attached hydrogens (tertiary/aromatic N) is 1. The zero-order chi connectivity index (χ0) is 22.9. The number of carbonyl (C=O) groups excluding carboxylic acids is 1. The Morgan fingerprint density at radius 3 is 2.52 bits per heavy atom. The molecule has 0 atom stereocenters. The van der Waals surface area contributed by atoms with E-state index in [1.54, 1.807) is 18.2 Å². The van der Waals surface area contributed by atoms with Crippen molar-refractivity contribution in [2.45, 2.75) is 19.4 Å². The van der Waals surface area contributed by atoms with Crippen LogP contribution < -0.4 is 0 Å². The Morgan fingerprint density at radius 1 is 0.939 bits per heavy atom. The Kier molecular flexibility index (Phi) is 6.11. The summed E-state index contributed by atoms with van der Waals surface area (Å²) in [6.45, 7) is 0.174. The highest BCUT2D eigenvalue weighted by atomic mass is 35.5. The summed E-state index contributed by atoms with van der Waals surface area (Å²) < 4.78 is 5.71. The predicted octanol–water partition coefficient (Wildman–Crippen LogP) is 8.04. The van der Waals surface area contributed by atoms with Crippen LogP contribution in [0.15, 0.2) is 66.7 Å². The van der Waals surface area contributed by atoms with E-state index in [9.17, 15) is 4.79 Å². The van der Waals surface area contributed by atoms with Gasteiger partial charge in [-0.1, -0.05) is 71.2 Å². The van der Waals surface area contributed by atoms with Crippen molar-refractivity contribution in [1.82, 2.24) is 4.98 Å². The number of hydrogen-bond acceptors (Lipinski definition) is 3. The number of benzene rings is 3. The topological polar surface area (TPSA) is 39.2 Å². The molecule has 0 saturated heterocycles. The van der Waals surface area contributed by atoms with Gasteiger partial charge in [-0.05, 0) is 71.5 Å². The second-order valence-corrected chi connectivity index (χ2v) is 9.13. The van der Waals surface area contributed by atoms with Crippen LogP contribution in [0, 0.1) is 0 Å². The normalized spacial score (nSPS) is 14.0. The maximum Gasteiger partial charge on any atom is 0.339 e. The molecule has 0 spiro atoms. The average molecular weight is 495 g/mol. The van der Waals surface area contributed by atoms with E-state index < -0.39 is 0 Å². The summed E-state index contributed by atoms with van der Waals surface area (Å²) >= 11 is 18.2. The third kappa shape index (κ3) is 4.49. The number of hydrogen-bond donors (Lipinski definition) is 0. The first-order valence-corrected chi connectivity index (χ1v) is 11.6. The van der Waals surface area contributed by atoms with E-state index in [0.29, 0.717) is 27.1 Å². The first-order chi connectivity index (χ1) is 16.0. The SMILES string of the molecule is O=C(OCc1ccc(Cl)cc1)c1c2c(nc3ccccc13)/C(=C\c1ccc(Cl)c(Cl)c1)CC2. The number of esters is 1. The van der Waals surface area contributed by atoms with E-state index >= 15 is 0 Å². The Balaban J connectivity index is 1.54. The summed E-state index contributed by atoms with van der Waals surface area (Å²) in [5.41, 5.74) is 5.97. The minimum absolute atomic E-state index is 0.174. The van der Waals surface area contributed by atoms with E-state index in [4.69, 9.17) is 44.5 Å². The summed E-state index contributed by atoms with van der Waals surface area (Å²) in [6, 6.07) is 20.5. The molecule has 0 amide bonds. The summed E-state index contributed by atoms with van der Waals surface area (Å²) in [5, 5.41) is 2.46. The van der Waals surface area contributed by atoms with Crippen molar-refractivity contribution in [3.8, 4) is 0 Å². The van der Waals surface area contributed by atoms with Crippen molar-refractivity contribution in [3.63, 3.8) is 0 Å². The summed E-state index contributed by atoms with van der Waals surface area (Å²) in [7, 11) is 0. The second kappa shape index (κ2) is 9.18. The van der Waals surface area contributed by atoms with Gasteiger partial charge in [0.05, 0.1) is 26.8 Å². The maximum atomic E-state index is 13.3. The molecule has 33 heavy (non-hydrogen) atoms. The van der Waals surface area contributed by atoms with E-state index in [2.05, 4.69) is 6.08 Å². The van der Waals surface area contributed by atoms with Crippen molar-refractivity contribution in [2.24, 2.45) is 0 Å². The standard InChI is InChI=1S/C27H18Cl3NO2/c28-19-9-5-16(6-10-19)15-33-27(32)25-20-3-1-2-4-24(20)31-26-18(8-11-21(25)26)13-17-7-12-22(29)23(30)14-17/h1-7,9-10,12-14H,8,11,15H2/b18-13-. The molecule has 1 heterocycles. The van der Waals surface area contributed by atoms with Crippen LogP contribution >= 0.6 is 34.8 Å². The Morgan fingerprint density at radius 2 is 1.73 bits per heavy atom. The van der Waals surface area contributed by atoms with Gasteiger partial charge in [0.25, 0.3) is 0 Å². The first kappa shape index (κ1) is 22.0. The van der Waals surface area contributed by atoms with E-state index in [-0.39, 0.29) is 12.6 Å². The lowest BCUT2D eigenvalue weighted by Gasteiger charge is -2.12. The van der Waals surface area contributed by atoms with Gasteiger partial charge in [-0.25, -0.2) is 9.78 Å².